The highest BCUT2D eigenvalue weighted by Crippen LogP contribution is 2.60. The molecule has 0 aromatic carbocycles. The van der Waals surface area contributed by atoms with Crippen molar-refractivity contribution in [3.8, 4) is 0 Å². The highest BCUT2D eigenvalue weighted by Gasteiger charge is 2.61. The van der Waals surface area contributed by atoms with E-state index >= 15 is 0 Å². The molecule has 2 fully saturated rings. The van der Waals surface area contributed by atoms with Gasteiger partial charge in [0.15, 0.2) is 0 Å². The van der Waals surface area contributed by atoms with Gasteiger partial charge in [-0.15, -0.1) is 0 Å². The quantitative estimate of drug-likeness (QED) is 0.335. The minimum atomic E-state index is -4.03. The van der Waals surface area contributed by atoms with E-state index in [4.69, 9.17) is 0 Å². The van der Waals surface area contributed by atoms with Crippen molar-refractivity contribution in [3.63, 3.8) is 0 Å². The first-order valence-electron chi connectivity index (χ1n) is 11.6. The van der Waals surface area contributed by atoms with Gasteiger partial charge in [-0.2, -0.15) is 13.2 Å². The van der Waals surface area contributed by atoms with Gasteiger partial charge in [0, 0.05) is 0 Å². The second kappa shape index (κ2) is 11.0. The number of hydrogen-bond acceptors (Lipinski definition) is 0. The monoisotopic (exact) mass is 374 g/mol. The van der Waals surface area contributed by atoms with Gasteiger partial charge < -0.3 is 0 Å². The summed E-state index contributed by atoms with van der Waals surface area (Å²) in [6.45, 7) is 2.20. The van der Waals surface area contributed by atoms with E-state index in [0.717, 1.165) is 83.5 Å². The molecule has 2 aliphatic carbocycles. The molecule has 0 aromatic heterocycles. The summed E-state index contributed by atoms with van der Waals surface area (Å²) in [6, 6.07) is 0. The van der Waals surface area contributed by atoms with Crippen LogP contribution in [0.3, 0.4) is 0 Å². The van der Waals surface area contributed by atoms with Crippen LogP contribution in [0, 0.1) is 17.3 Å². The van der Waals surface area contributed by atoms with E-state index in [0.29, 0.717) is 6.42 Å². The third-order valence-electron chi connectivity index (χ3n) is 7.39. The van der Waals surface area contributed by atoms with Crippen LogP contribution in [0.1, 0.15) is 122 Å². The van der Waals surface area contributed by atoms with Gasteiger partial charge in [-0.1, -0.05) is 90.4 Å². The molecule has 0 aromatic rings. The molecule has 3 heteroatoms. The van der Waals surface area contributed by atoms with Crippen LogP contribution in [0.15, 0.2) is 0 Å². The van der Waals surface area contributed by atoms with Crippen LogP contribution in [-0.2, 0) is 0 Å². The molecule has 0 amide bonds. The minimum absolute atomic E-state index is 0.112. The van der Waals surface area contributed by atoms with E-state index in [9.17, 15) is 13.2 Å². The molecule has 0 radical (unpaired) electrons. The first-order valence-corrected chi connectivity index (χ1v) is 11.6. The molecule has 2 rings (SSSR count). The Morgan fingerprint density at radius 1 is 0.615 bits per heavy atom. The Labute approximate surface area is 159 Å². The summed E-state index contributed by atoms with van der Waals surface area (Å²) in [5.74, 6) is -0.223. The van der Waals surface area contributed by atoms with Gasteiger partial charge in [0.2, 0.25) is 0 Å². The topological polar surface area (TPSA) is 0 Å². The van der Waals surface area contributed by atoms with Gasteiger partial charge in [-0.05, 0) is 43.9 Å². The van der Waals surface area contributed by atoms with Crippen molar-refractivity contribution in [2.75, 3.05) is 0 Å². The van der Waals surface area contributed by atoms with E-state index in [2.05, 4.69) is 6.92 Å². The summed E-state index contributed by atoms with van der Waals surface area (Å²) < 4.78 is 43.9. The van der Waals surface area contributed by atoms with Crippen LogP contribution in [0.4, 0.5) is 13.2 Å². The molecule has 0 spiro atoms. The molecule has 26 heavy (non-hydrogen) atoms. The van der Waals surface area contributed by atoms with Gasteiger partial charge in [-0.3, -0.25) is 0 Å². The molecule has 154 valence electrons. The maximum absolute atomic E-state index is 14.6. The standard InChI is InChI=1S/C23H41F3/c1-2-3-4-5-6-7-14-19-22(23(24,25)26,20-15-10-8-11-16-20)21-17-12-9-13-18-21/h20-21H,2-19H2,1H3. The summed E-state index contributed by atoms with van der Waals surface area (Å²) in [6.07, 6.45) is 13.7. The third kappa shape index (κ3) is 5.64. The molecule has 2 aliphatic rings. The zero-order valence-corrected chi connectivity index (χ0v) is 17.0. The Hall–Kier alpha value is -0.210. The fraction of sp³-hybridized carbons (Fsp3) is 1.00. The Balaban J connectivity index is 2.05. The zero-order valence-electron chi connectivity index (χ0n) is 17.0. The highest BCUT2D eigenvalue weighted by molar-refractivity contribution is 4.99. The Morgan fingerprint density at radius 3 is 1.46 bits per heavy atom. The second-order valence-electron chi connectivity index (χ2n) is 9.08. The summed E-state index contributed by atoms with van der Waals surface area (Å²) in [7, 11) is 0. The van der Waals surface area contributed by atoms with Crippen molar-refractivity contribution < 1.29 is 13.2 Å². The molecule has 0 aliphatic heterocycles. The lowest BCUT2D eigenvalue weighted by Crippen LogP contribution is -2.51. The number of unbranched alkanes of at least 4 members (excludes halogenated alkanes) is 6. The molecule has 0 bridgehead atoms. The van der Waals surface area contributed by atoms with Crippen LogP contribution >= 0.6 is 0 Å². The van der Waals surface area contributed by atoms with Crippen molar-refractivity contribution >= 4 is 0 Å². The van der Waals surface area contributed by atoms with Crippen molar-refractivity contribution in [1.29, 1.82) is 0 Å². The van der Waals surface area contributed by atoms with Gasteiger partial charge in [0.25, 0.3) is 0 Å². The third-order valence-corrected chi connectivity index (χ3v) is 7.39. The van der Waals surface area contributed by atoms with Gasteiger partial charge in [-0.25, -0.2) is 0 Å². The number of hydrogen-bond donors (Lipinski definition) is 0. The lowest BCUT2D eigenvalue weighted by atomic mass is 9.56. The summed E-state index contributed by atoms with van der Waals surface area (Å²) >= 11 is 0. The average Bonchev–Trinajstić information content (AvgIpc) is 2.64. The molecule has 0 heterocycles. The maximum Gasteiger partial charge on any atom is 0.395 e. The van der Waals surface area contributed by atoms with Crippen molar-refractivity contribution in [2.24, 2.45) is 17.3 Å². The smallest absolute Gasteiger partial charge is 0.170 e. The Kier molecular flexibility index (Phi) is 9.30. The second-order valence-corrected chi connectivity index (χ2v) is 9.08. The predicted molar refractivity (Wildman–Crippen MR) is 104 cm³/mol. The lowest BCUT2D eigenvalue weighted by molar-refractivity contribution is -0.274. The van der Waals surface area contributed by atoms with Gasteiger partial charge in [0.05, 0.1) is 5.41 Å². The number of alkyl halides is 3. The Bertz CT molecular complexity index is 344. The SMILES string of the molecule is CCCCCCCCCC(C1CCCCC1)(C1CCCCC1)C(F)(F)F. The first-order chi connectivity index (χ1) is 12.5. The summed E-state index contributed by atoms with van der Waals surface area (Å²) in [4.78, 5) is 0. The highest BCUT2D eigenvalue weighted by atomic mass is 19.4. The van der Waals surface area contributed by atoms with Crippen molar-refractivity contribution in [1.82, 2.24) is 0 Å². The normalized spacial score (nSPS) is 21.2. The zero-order chi connectivity index (χ0) is 18.9. The van der Waals surface area contributed by atoms with Crippen LogP contribution < -0.4 is 0 Å². The van der Waals surface area contributed by atoms with Gasteiger partial charge >= 0.3 is 6.18 Å². The number of halogens is 3. The van der Waals surface area contributed by atoms with E-state index in [1.54, 1.807) is 0 Å². The predicted octanol–water partition coefficient (Wildman–Crippen LogP) is 8.84. The molecule has 0 saturated heterocycles. The van der Waals surface area contributed by atoms with Crippen LogP contribution in [0.5, 0.6) is 0 Å². The average molecular weight is 375 g/mol. The molecule has 0 nitrogen and oxygen atoms in total. The molecule has 0 N–H and O–H groups in total. The van der Waals surface area contributed by atoms with Crippen LogP contribution in [-0.4, -0.2) is 6.18 Å². The van der Waals surface area contributed by atoms with Crippen LogP contribution in [0.25, 0.3) is 0 Å². The molecular formula is C23H41F3. The summed E-state index contributed by atoms with van der Waals surface area (Å²) in [5.41, 5.74) is -1.38. The molecule has 0 unspecified atom stereocenters. The summed E-state index contributed by atoms with van der Waals surface area (Å²) in [5, 5.41) is 0. The van der Waals surface area contributed by atoms with E-state index in [1.165, 1.54) is 25.7 Å². The molecule has 2 saturated carbocycles. The lowest BCUT2D eigenvalue weighted by Gasteiger charge is -2.50. The van der Waals surface area contributed by atoms with E-state index in [1.807, 2.05) is 0 Å². The van der Waals surface area contributed by atoms with E-state index in [-0.39, 0.29) is 11.8 Å². The fourth-order valence-electron chi connectivity index (χ4n) is 5.96. The largest absolute Gasteiger partial charge is 0.395 e. The van der Waals surface area contributed by atoms with Crippen molar-refractivity contribution in [2.45, 2.75) is 129 Å². The maximum atomic E-state index is 14.6. The fourth-order valence-corrected chi connectivity index (χ4v) is 5.96. The van der Waals surface area contributed by atoms with Gasteiger partial charge in [0.1, 0.15) is 0 Å². The minimum Gasteiger partial charge on any atom is -0.170 e. The van der Waals surface area contributed by atoms with E-state index < -0.39 is 11.6 Å². The molecular weight excluding hydrogens is 333 g/mol. The van der Waals surface area contributed by atoms with Crippen LogP contribution in [0.2, 0.25) is 0 Å². The molecule has 0 atom stereocenters. The number of rotatable bonds is 10. The first kappa shape index (κ1) is 22.1. The Morgan fingerprint density at radius 2 is 1.04 bits per heavy atom. The van der Waals surface area contributed by atoms with Crippen molar-refractivity contribution in [3.05, 3.63) is 0 Å².